The fourth-order valence-corrected chi connectivity index (χ4v) is 8.71. The summed E-state index contributed by atoms with van der Waals surface area (Å²) in [6, 6.07) is 65.3. The molecule has 2 nitrogen and oxygen atoms in total. The molecule has 11 rings (SSSR count). The molecule has 0 aliphatic carbocycles. The van der Waals surface area contributed by atoms with Crippen molar-refractivity contribution < 1.29 is 4.74 Å². The van der Waals surface area contributed by atoms with E-state index in [4.69, 9.17) is 4.74 Å². The van der Waals surface area contributed by atoms with E-state index >= 15 is 0 Å². The number of benzene rings is 10. The summed E-state index contributed by atoms with van der Waals surface area (Å²) in [5.41, 5.74) is 9.95. The molecule has 0 spiro atoms. The van der Waals surface area contributed by atoms with Crippen molar-refractivity contribution in [3.8, 4) is 62.1 Å². The van der Waals surface area contributed by atoms with Gasteiger partial charge in [-0.1, -0.05) is 140 Å². The van der Waals surface area contributed by atoms with Crippen molar-refractivity contribution in [2.45, 2.75) is 0 Å². The molecular weight excluding hydrogens is 643 g/mol. The number of ether oxygens (including phenoxy) is 1. The average molecular weight is 672 g/mol. The van der Waals surface area contributed by atoms with Gasteiger partial charge in [0, 0.05) is 16.3 Å². The van der Waals surface area contributed by atoms with Gasteiger partial charge in [-0.3, -0.25) is 0 Å². The van der Waals surface area contributed by atoms with Gasteiger partial charge in [0.2, 0.25) is 0 Å². The summed E-state index contributed by atoms with van der Waals surface area (Å²) in [7, 11) is 0. The van der Waals surface area contributed by atoms with Crippen LogP contribution in [0.5, 0.6) is 11.5 Å². The van der Waals surface area contributed by atoms with Crippen molar-refractivity contribution in [1.82, 2.24) is 0 Å². The van der Waals surface area contributed by atoms with E-state index in [9.17, 15) is 5.26 Å². The molecule has 1 aliphatic rings. The van der Waals surface area contributed by atoms with Gasteiger partial charge in [-0.25, -0.2) is 0 Å². The van der Waals surface area contributed by atoms with Gasteiger partial charge in [-0.2, -0.15) is 5.26 Å². The predicted molar refractivity (Wildman–Crippen MR) is 221 cm³/mol. The SMILES string of the molecule is N#Cc1ccc2c3c(cccc13)Oc1cc(-c3ccc(-c4cc5c6ccccc6c(-c6ccccc6)cc5c5ccccc45)c4ccccc34)ccc1-2. The van der Waals surface area contributed by atoms with Crippen LogP contribution >= 0.6 is 0 Å². The van der Waals surface area contributed by atoms with Crippen LogP contribution in [0.1, 0.15) is 5.56 Å². The first-order valence-electron chi connectivity index (χ1n) is 18.0. The third-order valence-electron chi connectivity index (χ3n) is 11.1. The molecule has 10 aromatic carbocycles. The molecule has 0 aromatic heterocycles. The Labute approximate surface area is 306 Å². The summed E-state index contributed by atoms with van der Waals surface area (Å²) in [6.45, 7) is 0. The number of fused-ring (bicyclic) bond motifs is 8. The number of hydrogen-bond donors (Lipinski definition) is 0. The lowest BCUT2D eigenvalue weighted by Gasteiger charge is -2.22. The van der Waals surface area contributed by atoms with Crippen molar-refractivity contribution in [2.75, 3.05) is 0 Å². The number of hydrogen-bond acceptors (Lipinski definition) is 2. The van der Waals surface area contributed by atoms with Crippen molar-refractivity contribution in [3.63, 3.8) is 0 Å². The summed E-state index contributed by atoms with van der Waals surface area (Å²) >= 11 is 0. The van der Waals surface area contributed by atoms with E-state index in [2.05, 4.69) is 158 Å². The minimum absolute atomic E-state index is 0.658. The normalized spacial score (nSPS) is 11.9. The first-order chi connectivity index (χ1) is 26.2. The summed E-state index contributed by atoms with van der Waals surface area (Å²) in [6.07, 6.45) is 0. The molecule has 0 amide bonds. The number of nitriles is 1. The topological polar surface area (TPSA) is 33.0 Å². The van der Waals surface area contributed by atoms with Gasteiger partial charge in [0.15, 0.2) is 0 Å². The smallest absolute Gasteiger partial charge is 0.135 e. The molecule has 0 bridgehead atoms. The Morgan fingerprint density at radius 3 is 1.58 bits per heavy atom. The van der Waals surface area contributed by atoms with Crippen molar-refractivity contribution >= 4 is 53.9 Å². The van der Waals surface area contributed by atoms with Crippen molar-refractivity contribution in [3.05, 3.63) is 181 Å². The highest BCUT2D eigenvalue weighted by molar-refractivity contribution is 6.25. The zero-order valence-corrected chi connectivity index (χ0v) is 28.6. The second-order valence-corrected chi connectivity index (χ2v) is 13.9. The molecule has 10 aromatic rings. The maximum Gasteiger partial charge on any atom is 0.135 e. The van der Waals surface area contributed by atoms with Crippen LogP contribution in [-0.2, 0) is 0 Å². The number of nitrogens with zero attached hydrogens (tertiary/aromatic N) is 1. The quantitative estimate of drug-likeness (QED) is 0.175. The lowest BCUT2D eigenvalue weighted by atomic mass is 9.85. The van der Waals surface area contributed by atoms with Crippen LogP contribution in [0.15, 0.2) is 176 Å². The van der Waals surface area contributed by atoms with E-state index in [0.717, 1.165) is 44.5 Å². The molecule has 1 aliphatic heterocycles. The molecule has 0 atom stereocenters. The zero-order valence-electron chi connectivity index (χ0n) is 28.6. The minimum Gasteiger partial charge on any atom is -0.456 e. The van der Waals surface area contributed by atoms with Crippen molar-refractivity contribution in [2.24, 2.45) is 0 Å². The third kappa shape index (κ3) is 4.38. The van der Waals surface area contributed by atoms with E-state index in [-0.39, 0.29) is 0 Å². The molecule has 0 saturated carbocycles. The van der Waals surface area contributed by atoms with Gasteiger partial charge < -0.3 is 4.74 Å². The Hall–Kier alpha value is -7.21. The Bertz CT molecular complexity index is 3210. The zero-order chi connectivity index (χ0) is 35.0. The number of rotatable bonds is 3. The molecule has 0 unspecified atom stereocenters. The van der Waals surface area contributed by atoms with E-state index in [0.29, 0.717) is 5.56 Å². The third-order valence-corrected chi connectivity index (χ3v) is 11.1. The predicted octanol–water partition coefficient (Wildman–Crippen LogP) is 14.1. The van der Waals surface area contributed by atoms with Crippen LogP contribution in [0.25, 0.3) is 98.4 Å². The van der Waals surface area contributed by atoms with Crippen molar-refractivity contribution in [1.29, 1.82) is 5.26 Å². The summed E-state index contributed by atoms with van der Waals surface area (Å²) in [5, 5.41) is 21.6. The monoisotopic (exact) mass is 671 g/mol. The molecule has 53 heavy (non-hydrogen) atoms. The summed E-state index contributed by atoms with van der Waals surface area (Å²) < 4.78 is 6.57. The first-order valence-corrected chi connectivity index (χ1v) is 18.0. The summed E-state index contributed by atoms with van der Waals surface area (Å²) in [4.78, 5) is 0. The largest absolute Gasteiger partial charge is 0.456 e. The molecule has 0 radical (unpaired) electrons. The molecule has 1 heterocycles. The van der Waals surface area contributed by atoms with Crippen LogP contribution in [0.2, 0.25) is 0 Å². The summed E-state index contributed by atoms with van der Waals surface area (Å²) in [5.74, 6) is 1.61. The highest BCUT2D eigenvalue weighted by Gasteiger charge is 2.23. The second-order valence-electron chi connectivity index (χ2n) is 13.9. The molecular formula is C51H29NO. The van der Waals surface area contributed by atoms with Crippen LogP contribution < -0.4 is 4.74 Å². The van der Waals surface area contributed by atoms with Gasteiger partial charge in [0.25, 0.3) is 0 Å². The van der Waals surface area contributed by atoms with Crippen LogP contribution in [0.4, 0.5) is 0 Å². The minimum atomic E-state index is 0.658. The van der Waals surface area contributed by atoms with E-state index in [1.807, 2.05) is 24.3 Å². The highest BCUT2D eigenvalue weighted by Crippen LogP contribution is 2.49. The van der Waals surface area contributed by atoms with Gasteiger partial charge in [0.05, 0.1) is 11.6 Å². The molecule has 2 heteroatoms. The maximum absolute atomic E-state index is 9.74. The highest BCUT2D eigenvalue weighted by atomic mass is 16.5. The van der Waals surface area contributed by atoms with E-state index in [1.165, 1.54) is 65.3 Å². The Balaban J connectivity index is 1.11. The Morgan fingerprint density at radius 2 is 0.868 bits per heavy atom. The standard InChI is InChI=1S/C51H29NO/c52-30-33-22-24-44-43-23-21-32(27-50(43)53-49-20-10-19-35(33)51(44)49)34-25-26-42(37-14-5-4-13-36(34)37)46-29-48-39-16-7-6-15-38(39)45(31-11-2-1-3-12-31)28-47(48)41-18-9-8-17-40(41)46/h1-29H. The lowest BCUT2D eigenvalue weighted by molar-refractivity contribution is 0.487. The van der Waals surface area contributed by atoms with Crippen LogP contribution in [0.3, 0.4) is 0 Å². The van der Waals surface area contributed by atoms with E-state index < -0.39 is 0 Å². The molecule has 0 fully saturated rings. The van der Waals surface area contributed by atoms with Gasteiger partial charge >= 0.3 is 0 Å². The van der Waals surface area contributed by atoms with E-state index in [1.54, 1.807) is 0 Å². The molecule has 0 saturated heterocycles. The first kappa shape index (κ1) is 29.5. The van der Waals surface area contributed by atoms with Gasteiger partial charge in [0.1, 0.15) is 11.5 Å². The average Bonchev–Trinajstić information content (AvgIpc) is 3.23. The van der Waals surface area contributed by atoms with Crippen LogP contribution in [0, 0.1) is 11.3 Å². The van der Waals surface area contributed by atoms with Crippen LogP contribution in [-0.4, -0.2) is 0 Å². The fourth-order valence-electron chi connectivity index (χ4n) is 8.71. The van der Waals surface area contributed by atoms with Gasteiger partial charge in [-0.05, 0) is 118 Å². The fraction of sp³-hybridized carbons (Fsp3) is 0. The molecule has 0 N–H and O–H groups in total. The molecule has 244 valence electrons. The lowest BCUT2D eigenvalue weighted by Crippen LogP contribution is -1.98. The Morgan fingerprint density at radius 1 is 0.321 bits per heavy atom. The maximum atomic E-state index is 9.74. The Kier molecular flexibility index (Phi) is 6.35. The van der Waals surface area contributed by atoms with Gasteiger partial charge in [-0.15, -0.1) is 0 Å². The second kappa shape index (κ2) is 11.4.